The van der Waals surface area contributed by atoms with Crippen molar-refractivity contribution in [3.8, 4) is 0 Å². The maximum absolute atomic E-state index is 8.76. The van der Waals surface area contributed by atoms with Crippen LogP contribution in [0.3, 0.4) is 0 Å². The Kier molecular flexibility index (Phi) is 4.68. The summed E-state index contributed by atoms with van der Waals surface area (Å²) >= 11 is 0. The third-order valence-electron chi connectivity index (χ3n) is 3.46. The molecule has 0 spiro atoms. The third-order valence-corrected chi connectivity index (χ3v) is 3.46. The summed E-state index contributed by atoms with van der Waals surface area (Å²) in [6.45, 7) is 3.39. The van der Waals surface area contributed by atoms with E-state index in [1.165, 1.54) is 0 Å². The van der Waals surface area contributed by atoms with E-state index in [-0.39, 0.29) is 6.61 Å². The molecular formula is C12H22N4O2. The molecule has 1 N–H and O–H groups in total. The minimum absolute atomic E-state index is 0.161. The van der Waals surface area contributed by atoms with Crippen molar-refractivity contribution in [2.75, 3.05) is 40.3 Å². The first kappa shape index (κ1) is 13.5. The van der Waals surface area contributed by atoms with E-state index in [0.717, 1.165) is 31.9 Å². The van der Waals surface area contributed by atoms with Crippen LogP contribution in [-0.4, -0.2) is 71.4 Å². The van der Waals surface area contributed by atoms with Crippen LogP contribution in [0.5, 0.6) is 0 Å². The van der Waals surface area contributed by atoms with Gasteiger partial charge in [0.15, 0.2) is 5.82 Å². The van der Waals surface area contributed by atoms with Crippen molar-refractivity contribution in [3.05, 3.63) is 11.7 Å². The predicted octanol–water partition coefficient (Wildman–Crippen LogP) is -0.217. The minimum atomic E-state index is 0.161. The van der Waals surface area contributed by atoms with Crippen molar-refractivity contribution >= 4 is 0 Å². The molecule has 1 aromatic rings. The van der Waals surface area contributed by atoms with Crippen molar-refractivity contribution < 1.29 is 9.63 Å². The highest BCUT2D eigenvalue weighted by atomic mass is 16.5. The number of aromatic nitrogens is 2. The molecule has 0 aliphatic carbocycles. The number of hydrogen-bond donors (Lipinski definition) is 1. The van der Waals surface area contributed by atoms with Gasteiger partial charge in [0.05, 0.1) is 0 Å². The zero-order chi connectivity index (χ0) is 13.0. The Morgan fingerprint density at radius 3 is 3.00 bits per heavy atom. The van der Waals surface area contributed by atoms with Crippen LogP contribution in [0.2, 0.25) is 0 Å². The van der Waals surface area contributed by atoms with Gasteiger partial charge in [0.1, 0.15) is 0 Å². The fourth-order valence-corrected chi connectivity index (χ4v) is 2.24. The molecule has 2 rings (SSSR count). The molecule has 0 aromatic carbocycles. The molecule has 1 aliphatic rings. The Labute approximate surface area is 108 Å². The summed E-state index contributed by atoms with van der Waals surface area (Å²) in [5.41, 5.74) is 0. The smallest absolute Gasteiger partial charge is 0.226 e. The molecule has 1 unspecified atom stereocenters. The number of rotatable bonds is 5. The molecule has 2 heterocycles. The summed E-state index contributed by atoms with van der Waals surface area (Å²) in [5.74, 6) is 1.40. The van der Waals surface area contributed by atoms with Gasteiger partial charge in [0.25, 0.3) is 0 Å². The molecule has 1 atom stereocenters. The fraction of sp³-hybridized carbons (Fsp3) is 0.833. The highest BCUT2D eigenvalue weighted by molar-refractivity contribution is 4.93. The monoisotopic (exact) mass is 254 g/mol. The molecule has 18 heavy (non-hydrogen) atoms. The van der Waals surface area contributed by atoms with Crippen LogP contribution in [0.25, 0.3) is 0 Å². The Morgan fingerprint density at radius 2 is 2.22 bits per heavy atom. The van der Waals surface area contributed by atoms with Gasteiger partial charge < -0.3 is 19.4 Å². The summed E-state index contributed by atoms with van der Waals surface area (Å²) in [5, 5.41) is 12.8. The summed E-state index contributed by atoms with van der Waals surface area (Å²) in [7, 11) is 4.29. The Morgan fingerprint density at radius 1 is 1.39 bits per heavy atom. The number of aryl methyl sites for hydroxylation is 1. The van der Waals surface area contributed by atoms with Crippen molar-refractivity contribution in [2.45, 2.75) is 25.3 Å². The normalized spacial score (nSPS) is 22.5. The molecule has 1 aliphatic heterocycles. The molecule has 0 amide bonds. The lowest BCUT2D eigenvalue weighted by atomic mass is 10.1. The van der Waals surface area contributed by atoms with Gasteiger partial charge in [-0.1, -0.05) is 5.16 Å². The second-order valence-corrected chi connectivity index (χ2v) is 5.03. The van der Waals surface area contributed by atoms with Crippen molar-refractivity contribution in [2.24, 2.45) is 0 Å². The maximum Gasteiger partial charge on any atom is 0.226 e. The number of aliphatic hydroxyl groups excluding tert-OH is 1. The average molecular weight is 254 g/mol. The zero-order valence-corrected chi connectivity index (χ0v) is 11.2. The van der Waals surface area contributed by atoms with E-state index < -0.39 is 0 Å². The lowest BCUT2D eigenvalue weighted by Gasteiger charge is -2.37. The Hall–Kier alpha value is -0.980. The molecule has 0 radical (unpaired) electrons. The van der Waals surface area contributed by atoms with Crippen LogP contribution in [-0.2, 0) is 12.8 Å². The minimum Gasteiger partial charge on any atom is -0.396 e. The van der Waals surface area contributed by atoms with Crippen molar-refractivity contribution in [1.29, 1.82) is 0 Å². The molecule has 1 aromatic heterocycles. The number of aliphatic hydroxyl groups is 1. The Balaban J connectivity index is 1.89. The lowest BCUT2D eigenvalue weighted by molar-refractivity contribution is 0.113. The second kappa shape index (κ2) is 6.26. The maximum atomic E-state index is 8.76. The summed E-state index contributed by atoms with van der Waals surface area (Å²) in [6.07, 6.45) is 2.15. The first-order valence-electron chi connectivity index (χ1n) is 6.50. The van der Waals surface area contributed by atoms with E-state index >= 15 is 0 Å². The van der Waals surface area contributed by atoms with Crippen LogP contribution in [0.1, 0.15) is 18.1 Å². The topological polar surface area (TPSA) is 65.6 Å². The van der Waals surface area contributed by atoms with Gasteiger partial charge in [-0.2, -0.15) is 4.98 Å². The summed E-state index contributed by atoms with van der Waals surface area (Å²) < 4.78 is 5.17. The van der Waals surface area contributed by atoms with E-state index in [4.69, 9.17) is 9.63 Å². The third kappa shape index (κ3) is 3.51. The van der Waals surface area contributed by atoms with Gasteiger partial charge in [-0.3, -0.25) is 0 Å². The number of nitrogens with zero attached hydrogens (tertiary/aromatic N) is 4. The van der Waals surface area contributed by atoms with Crippen LogP contribution < -0.4 is 0 Å². The average Bonchev–Trinajstić information content (AvgIpc) is 2.79. The molecule has 102 valence electrons. The highest BCUT2D eigenvalue weighted by Crippen LogP contribution is 2.11. The van der Waals surface area contributed by atoms with E-state index in [1.807, 2.05) is 0 Å². The van der Waals surface area contributed by atoms with Crippen molar-refractivity contribution in [3.63, 3.8) is 0 Å². The quantitative estimate of drug-likeness (QED) is 0.784. The highest BCUT2D eigenvalue weighted by Gasteiger charge is 2.24. The predicted molar refractivity (Wildman–Crippen MR) is 67.3 cm³/mol. The Bertz CT molecular complexity index is 369. The van der Waals surface area contributed by atoms with Crippen LogP contribution in [0, 0.1) is 0 Å². The molecule has 6 nitrogen and oxygen atoms in total. The van der Waals surface area contributed by atoms with Gasteiger partial charge in [0.2, 0.25) is 5.89 Å². The molecular weight excluding hydrogens is 232 g/mol. The van der Waals surface area contributed by atoms with Crippen LogP contribution in [0.4, 0.5) is 0 Å². The van der Waals surface area contributed by atoms with E-state index in [2.05, 4.69) is 34.0 Å². The summed E-state index contributed by atoms with van der Waals surface area (Å²) in [6, 6.07) is 0.451. The second-order valence-electron chi connectivity index (χ2n) is 5.03. The number of piperazine rings is 1. The standard InChI is InChI=1S/C12H22N4O2/c1-15-5-6-16(2)10(9-15)8-11-13-12(18-14-11)4-3-7-17/h10,17H,3-9H2,1-2H3. The van der Waals surface area contributed by atoms with Gasteiger partial charge in [-0.05, 0) is 20.5 Å². The van der Waals surface area contributed by atoms with E-state index in [9.17, 15) is 0 Å². The van der Waals surface area contributed by atoms with Gasteiger partial charge in [-0.25, -0.2) is 0 Å². The van der Waals surface area contributed by atoms with Gasteiger partial charge in [-0.15, -0.1) is 0 Å². The molecule has 0 saturated carbocycles. The molecule has 1 fully saturated rings. The number of hydrogen-bond acceptors (Lipinski definition) is 6. The molecule has 0 bridgehead atoms. The summed E-state index contributed by atoms with van der Waals surface area (Å²) in [4.78, 5) is 9.05. The van der Waals surface area contributed by atoms with Crippen molar-refractivity contribution in [1.82, 2.24) is 19.9 Å². The van der Waals surface area contributed by atoms with Crippen LogP contribution >= 0.6 is 0 Å². The SMILES string of the molecule is CN1CCN(C)C(Cc2noc(CCCO)n2)C1. The van der Waals surface area contributed by atoms with Gasteiger partial charge in [0, 0.05) is 45.1 Å². The lowest BCUT2D eigenvalue weighted by Crippen LogP contribution is -2.50. The van der Waals surface area contributed by atoms with E-state index in [0.29, 0.717) is 24.8 Å². The number of likely N-dealkylation sites (N-methyl/N-ethyl adjacent to an activating group) is 2. The zero-order valence-electron chi connectivity index (χ0n) is 11.2. The van der Waals surface area contributed by atoms with E-state index in [1.54, 1.807) is 0 Å². The molecule has 6 heteroatoms. The molecule has 1 saturated heterocycles. The van der Waals surface area contributed by atoms with Gasteiger partial charge >= 0.3 is 0 Å². The largest absolute Gasteiger partial charge is 0.396 e. The van der Waals surface area contributed by atoms with Crippen LogP contribution in [0.15, 0.2) is 4.52 Å². The first-order chi connectivity index (χ1) is 8.69. The first-order valence-corrected chi connectivity index (χ1v) is 6.50. The fourth-order valence-electron chi connectivity index (χ4n) is 2.24.